The van der Waals surface area contributed by atoms with Gasteiger partial charge in [0.2, 0.25) is 0 Å². The van der Waals surface area contributed by atoms with Crippen molar-refractivity contribution in [2.24, 2.45) is 5.10 Å². The molecule has 0 spiro atoms. The molecule has 0 saturated carbocycles. The molecule has 0 bridgehead atoms. The predicted octanol–water partition coefficient (Wildman–Crippen LogP) is 4.48. The fourth-order valence-electron chi connectivity index (χ4n) is 2.47. The number of benzene rings is 2. The molecule has 5 nitrogen and oxygen atoms in total. The Morgan fingerprint density at radius 3 is 2.43 bits per heavy atom. The normalized spacial score (nSPS) is 11.8. The molecule has 2 N–H and O–H groups in total. The van der Waals surface area contributed by atoms with Gasteiger partial charge in [-0.05, 0) is 54.8 Å². The molecule has 1 aromatic heterocycles. The molecule has 1 heterocycles. The number of rotatable bonds is 4. The molecule has 0 atom stereocenters. The summed E-state index contributed by atoms with van der Waals surface area (Å²) >= 11 is 0. The van der Waals surface area contributed by atoms with Gasteiger partial charge in [-0.1, -0.05) is 24.3 Å². The van der Waals surface area contributed by atoms with Gasteiger partial charge in [0.25, 0.3) is 5.91 Å². The van der Waals surface area contributed by atoms with Gasteiger partial charge in [0.15, 0.2) is 0 Å². The average Bonchev–Trinajstić information content (AvgIpc) is 3.14. The van der Waals surface area contributed by atoms with Gasteiger partial charge in [-0.3, -0.25) is 9.89 Å². The van der Waals surface area contributed by atoms with E-state index in [0.29, 0.717) is 11.3 Å². The van der Waals surface area contributed by atoms with Crippen molar-refractivity contribution in [3.63, 3.8) is 0 Å². The van der Waals surface area contributed by atoms with E-state index in [-0.39, 0.29) is 5.69 Å². The first-order valence-electron chi connectivity index (χ1n) is 8.38. The first-order chi connectivity index (χ1) is 13.2. The standard InChI is InChI=1S/C20H17F3N4O/c1-12-3-6-15(9-13(12)2)17-10-18(26-25-17)19(28)27-24-11-14-4-7-16(8-5-14)20(21,22)23/h3-11H,1-2H3,(H,25,26)(H,27,28). The number of hydrogen-bond donors (Lipinski definition) is 2. The maximum Gasteiger partial charge on any atom is 0.416 e. The summed E-state index contributed by atoms with van der Waals surface area (Å²) in [5.74, 6) is -0.509. The molecular formula is C20H17F3N4O. The Hall–Kier alpha value is -3.42. The Morgan fingerprint density at radius 1 is 1.07 bits per heavy atom. The van der Waals surface area contributed by atoms with E-state index >= 15 is 0 Å². The van der Waals surface area contributed by atoms with Crippen molar-refractivity contribution < 1.29 is 18.0 Å². The van der Waals surface area contributed by atoms with Crippen LogP contribution in [0.5, 0.6) is 0 Å². The van der Waals surface area contributed by atoms with Gasteiger partial charge in [-0.25, -0.2) is 5.43 Å². The SMILES string of the molecule is Cc1ccc(-c2cc(C(=O)NN=Cc3ccc(C(F)(F)F)cc3)[nH]n2)cc1C. The highest BCUT2D eigenvalue weighted by Crippen LogP contribution is 2.28. The summed E-state index contributed by atoms with van der Waals surface area (Å²) in [6.07, 6.45) is -3.13. The van der Waals surface area contributed by atoms with Crippen LogP contribution in [0.15, 0.2) is 53.6 Å². The Balaban J connectivity index is 1.64. The third-order valence-electron chi connectivity index (χ3n) is 4.24. The van der Waals surface area contributed by atoms with Gasteiger partial charge < -0.3 is 0 Å². The second-order valence-electron chi connectivity index (χ2n) is 6.28. The van der Waals surface area contributed by atoms with Crippen molar-refractivity contribution in [2.75, 3.05) is 0 Å². The van der Waals surface area contributed by atoms with Crippen LogP contribution in [0.2, 0.25) is 0 Å². The molecule has 0 aliphatic heterocycles. The Kier molecular flexibility index (Phi) is 5.30. The zero-order valence-corrected chi connectivity index (χ0v) is 15.1. The largest absolute Gasteiger partial charge is 0.416 e. The van der Waals surface area contributed by atoms with Crippen LogP contribution in [0.4, 0.5) is 13.2 Å². The number of H-pyrrole nitrogens is 1. The van der Waals surface area contributed by atoms with Crippen LogP contribution in [-0.4, -0.2) is 22.3 Å². The minimum atomic E-state index is -4.39. The summed E-state index contributed by atoms with van der Waals surface area (Å²) < 4.78 is 37.6. The van der Waals surface area contributed by atoms with Gasteiger partial charge in [-0.15, -0.1) is 0 Å². The van der Waals surface area contributed by atoms with Crippen LogP contribution in [0.3, 0.4) is 0 Å². The molecule has 1 amide bonds. The van der Waals surface area contributed by atoms with Crippen molar-refractivity contribution in [2.45, 2.75) is 20.0 Å². The fourth-order valence-corrected chi connectivity index (χ4v) is 2.47. The molecule has 0 unspecified atom stereocenters. The van der Waals surface area contributed by atoms with Crippen molar-refractivity contribution in [1.82, 2.24) is 15.6 Å². The Labute approximate surface area is 159 Å². The molecule has 0 aliphatic rings. The zero-order chi connectivity index (χ0) is 20.3. The number of nitrogens with one attached hydrogen (secondary N) is 2. The lowest BCUT2D eigenvalue weighted by Crippen LogP contribution is -2.18. The molecule has 8 heteroatoms. The molecule has 3 rings (SSSR count). The highest BCUT2D eigenvalue weighted by molar-refractivity contribution is 5.94. The van der Waals surface area contributed by atoms with Crippen LogP contribution in [-0.2, 0) is 6.18 Å². The summed E-state index contributed by atoms with van der Waals surface area (Å²) in [4.78, 5) is 12.1. The van der Waals surface area contributed by atoms with E-state index in [0.717, 1.165) is 28.8 Å². The molecule has 3 aromatic rings. The quantitative estimate of drug-likeness (QED) is 0.513. The smallest absolute Gasteiger partial charge is 0.272 e. The third kappa shape index (κ3) is 4.46. The molecular weight excluding hydrogens is 369 g/mol. The molecule has 0 radical (unpaired) electrons. The van der Waals surface area contributed by atoms with Crippen molar-refractivity contribution in [3.8, 4) is 11.3 Å². The van der Waals surface area contributed by atoms with Crippen molar-refractivity contribution in [1.29, 1.82) is 0 Å². The Bertz CT molecular complexity index is 1020. The number of amides is 1. The molecule has 0 aliphatic carbocycles. The number of hydrogen-bond acceptors (Lipinski definition) is 3. The summed E-state index contributed by atoms with van der Waals surface area (Å²) in [7, 11) is 0. The highest BCUT2D eigenvalue weighted by Gasteiger charge is 2.29. The van der Waals surface area contributed by atoms with E-state index in [2.05, 4.69) is 20.7 Å². The van der Waals surface area contributed by atoms with Gasteiger partial charge in [0.1, 0.15) is 5.69 Å². The fraction of sp³-hybridized carbons (Fsp3) is 0.150. The van der Waals surface area contributed by atoms with Crippen LogP contribution in [0, 0.1) is 13.8 Å². The van der Waals surface area contributed by atoms with Crippen LogP contribution in [0.25, 0.3) is 11.3 Å². The maximum absolute atomic E-state index is 12.5. The number of hydrazone groups is 1. The predicted molar refractivity (Wildman–Crippen MR) is 100 cm³/mol. The molecule has 2 aromatic carbocycles. The third-order valence-corrected chi connectivity index (χ3v) is 4.24. The second kappa shape index (κ2) is 7.67. The Morgan fingerprint density at radius 2 is 1.79 bits per heavy atom. The number of aryl methyl sites for hydroxylation is 2. The van der Waals surface area contributed by atoms with Gasteiger partial charge in [-0.2, -0.15) is 23.4 Å². The summed E-state index contributed by atoms with van der Waals surface area (Å²) in [5, 5.41) is 10.5. The summed E-state index contributed by atoms with van der Waals surface area (Å²) in [6, 6.07) is 11.9. The minimum Gasteiger partial charge on any atom is -0.272 e. The maximum atomic E-state index is 12.5. The molecule has 28 heavy (non-hydrogen) atoms. The van der Waals surface area contributed by atoms with Gasteiger partial charge in [0.05, 0.1) is 17.5 Å². The van der Waals surface area contributed by atoms with Crippen molar-refractivity contribution >= 4 is 12.1 Å². The first-order valence-corrected chi connectivity index (χ1v) is 8.38. The van der Waals surface area contributed by atoms with E-state index < -0.39 is 17.6 Å². The number of aromatic nitrogens is 2. The highest BCUT2D eigenvalue weighted by atomic mass is 19.4. The molecule has 144 valence electrons. The van der Waals surface area contributed by atoms with Gasteiger partial charge >= 0.3 is 6.18 Å². The van der Waals surface area contributed by atoms with E-state index in [1.807, 2.05) is 32.0 Å². The second-order valence-corrected chi connectivity index (χ2v) is 6.28. The summed E-state index contributed by atoms with van der Waals surface area (Å²) in [5.41, 5.74) is 6.00. The number of aromatic amines is 1. The number of halogens is 3. The lowest BCUT2D eigenvalue weighted by molar-refractivity contribution is -0.137. The number of nitrogens with zero attached hydrogens (tertiary/aromatic N) is 2. The van der Waals surface area contributed by atoms with Gasteiger partial charge in [0, 0.05) is 5.56 Å². The topological polar surface area (TPSA) is 70.1 Å². The van der Waals surface area contributed by atoms with Crippen LogP contribution in [0.1, 0.15) is 32.7 Å². The zero-order valence-electron chi connectivity index (χ0n) is 15.1. The molecule has 0 fully saturated rings. The number of carbonyl (C=O) groups is 1. The number of alkyl halides is 3. The first kappa shape index (κ1) is 19.3. The monoisotopic (exact) mass is 386 g/mol. The molecule has 0 saturated heterocycles. The van der Waals surface area contributed by atoms with E-state index in [9.17, 15) is 18.0 Å². The van der Waals surface area contributed by atoms with Crippen LogP contribution >= 0.6 is 0 Å². The van der Waals surface area contributed by atoms with E-state index in [4.69, 9.17) is 0 Å². The van der Waals surface area contributed by atoms with E-state index in [1.54, 1.807) is 6.07 Å². The number of carbonyl (C=O) groups excluding carboxylic acids is 1. The average molecular weight is 386 g/mol. The van der Waals surface area contributed by atoms with E-state index in [1.165, 1.54) is 18.3 Å². The minimum absolute atomic E-state index is 0.220. The summed E-state index contributed by atoms with van der Waals surface area (Å²) in [6.45, 7) is 4.01. The van der Waals surface area contributed by atoms with Crippen LogP contribution < -0.4 is 5.43 Å². The van der Waals surface area contributed by atoms with Crippen molar-refractivity contribution in [3.05, 3.63) is 76.5 Å². The lowest BCUT2D eigenvalue weighted by Gasteiger charge is -2.05. The lowest BCUT2D eigenvalue weighted by atomic mass is 10.0.